The van der Waals surface area contributed by atoms with Crippen LogP contribution in [0.2, 0.25) is 0 Å². The average molecular weight is 397 g/mol. The Hall–Kier alpha value is -3.49. The number of fused-ring (bicyclic) bond motifs is 1. The van der Waals surface area contributed by atoms with Crippen molar-refractivity contribution in [2.24, 2.45) is 7.05 Å². The van der Waals surface area contributed by atoms with E-state index in [0.29, 0.717) is 22.3 Å². The molecule has 1 atom stereocenters. The molecule has 0 saturated heterocycles. The molecule has 2 heterocycles. The van der Waals surface area contributed by atoms with E-state index in [4.69, 9.17) is 4.74 Å². The summed E-state index contributed by atoms with van der Waals surface area (Å²) in [6.07, 6.45) is 0.283. The van der Waals surface area contributed by atoms with Crippen LogP contribution in [-0.2, 0) is 27.9 Å². The number of esters is 1. The van der Waals surface area contributed by atoms with Gasteiger partial charge in [-0.1, -0.05) is 12.1 Å². The van der Waals surface area contributed by atoms with Crippen molar-refractivity contribution < 1.29 is 14.3 Å². The Morgan fingerprint density at radius 3 is 2.66 bits per heavy atom. The van der Waals surface area contributed by atoms with Crippen LogP contribution < -0.4 is 10.7 Å². The number of hydrogen-bond donors (Lipinski definition) is 1. The number of anilines is 1. The molecule has 1 unspecified atom stereocenters. The number of carbonyl (C=O) groups excluding carboxylic acids is 2. The third kappa shape index (κ3) is 4.34. The van der Waals surface area contributed by atoms with Gasteiger partial charge in [0.2, 0.25) is 5.43 Å². The van der Waals surface area contributed by atoms with Crippen molar-refractivity contribution in [2.75, 3.05) is 5.32 Å². The number of benzene rings is 1. The molecule has 1 aromatic carbocycles. The summed E-state index contributed by atoms with van der Waals surface area (Å²) in [5.74, 6) is -0.957. The van der Waals surface area contributed by atoms with Crippen LogP contribution in [0.1, 0.15) is 24.7 Å². The molecule has 152 valence electrons. The van der Waals surface area contributed by atoms with Gasteiger partial charge in [0.05, 0.1) is 41.8 Å². The molecule has 0 bridgehead atoms. The number of nitrogens with zero attached hydrogens (tertiary/aromatic N) is 4. The van der Waals surface area contributed by atoms with E-state index in [9.17, 15) is 14.4 Å². The summed E-state index contributed by atoms with van der Waals surface area (Å²) in [7, 11) is 1.79. The third-order valence-corrected chi connectivity index (χ3v) is 4.72. The second kappa shape index (κ2) is 8.26. The number of rotatable bonds is 6. The SMILES string of the molecule is Cc1nn(C)c(C)c1NC(=O)C(C)OC(=O)CCn1ncc(=O)c2ccccc21. The predicted octanol–water partition coefficient (Wildman–Crippen LogP) is 1.71. The predicted molar refractivity (Wildman–Crippen MR) is 107 cm³/mol. The van der Waals surface area contributed by atoms with Gasteiger partial charge in [-0.15, -0.1) is 0 Å². The quantitative estimate of drug-likeness (QED) is 0.635. The Kier molecular flexibility index (Phi) is 5.76. The Morgan fingerprint density at radius 1 is 1.24 bits per heavy atom. The molecule has 2 aromatic heterocycles. The third-order valence-electron chi connectivity index (χ3n) is 4.72. The van der Waals surface area contributed by atoms with E-state index in [0.717, 1.165) is 5.69 Å². The monoisotopic (exact) mass is 397 g/mol. The van der Waals surface area contributed by atoms with E-state index in [1.165, 1.54) is 13.1 Å². The normalized spacial score (nSPS) is 12.0. The Labute approximate surface area is 167 Å². The van der Waals surface area contributed by atoms with Gasteiger partial charge in [0, 0.05) is 12.4 Å². The summed E-state index contributed by atoms with van der Waals surface area (Å²) < 4.78 is 8.49. The first-order valence-electron chi connectivity index (χ1n) is 9.23. The van der Waals surface area contributed by atoms with Crippen molar-refractivity contribution in [1.82, 2.24) is 19.6 Å². The van der Waals surface area contributed by atoms with Crippen LogP contribution in [0.3, 0.4) is 0 Å². The van der Waals surface area contributed by atoms with Gasteiger partial charge in [0.25, 0.3) is 5.91 Å². The second-order valence-corrected chi connectivity index (χ2v) is 6.79. The van der Waals surface area contributed by atoms with Crippen LogP contribution in [0, 0.1) is 13.8 Å². The summed E-state index contributed by atoms with van der Waals surface area (Å²) in [4.78, 5) is 36.4. The standard InChI is InChI=1S/C20H23N5O4/c1-12-19(13(2)24(4)23-12)22-20(28)14(3)29-18(27)9-10-25-16-8-6-5-7-15(16)17(26)11-21-25/h5-8,11,14H,9-10H2,1-4H3,(H,22,28). The van der Waals surface area contributed by atoms with E-state index in [-0.39, 0.29) is 18.4 Å². The van der Waals surface area contributed by atoms with E-state index in [1.54, 1.807) is 47.6 Å². The number of para-hydroxylation sites is 1. The van der Waals surface area contributed by atoms with Crippen LogP contribution in [-0.4, -0.2) is 37.5 Å². The zero-order valence-corrected chi connectivity index (χ0v) is 16.8. The van der Waals surface area contributed by atoms with Crippen LogP contribution in [0.5, 0.6) is 0 Å². The number of aromatic nitrogens is 4. The van der Waals surface area contributed by atoms with Crippen LogP contribution >= 0.6 is 0 Å². The number of amides is 1. The topological polar surface area (TPSA) is 108 Å². The molecule has 3 rings (SSSR count). The highest BCUT2D eigenvalue weighted by atomic mass is 16.5. The van der Waals surface area contributed by atoms with Gasteiger partial charge in [0.1, 0.15) is 0 Å². The first-order valence-corrected chi connectivity index (χ1v) is 9.23. The maximum absolute atomic E-state index is 12.4. The molecule has 0 aliphatic heterocycles. The summed E-state index contributed by atoms with van der Waals surface area (Å²) in [5, 5.41) is 11.6. The summed E-state index contributed by atoms with van der Waals surface area (Å²) >= 11 is 0. The van der Waals surface area contributed by atoms with Gasteiger partial charge in [-0.3, -0.25) is 23.7 Å². The number of ether oxygens (including phenoxy) is 1. The molecule has 9 heteroatoms. The Bertz CT molecular complexity index is 1130. The zero-order chi connectivity index (χ0) is 21.1. The van der Waals surface area contributed by atoms with Crippen molar-refractivity contribution in [2.45, 2.75) is 39.8 Å². The molecule has 1 N–H and O–H groups in total. The fourth-order valence-electron chi connectivity index (χ4n) is 3.03. The average Bonchev–Trinajstić information content (AvgIpc) is 2.93. The maximum Gasteiger partial charge on any atom is 0.308 e. The first kappa shape index (κ1) is 20.2. The van der Waals surface area contributed by atoms with Crippen LogP contribution in [0.25, 0.3) is 10.9 Å². The molecule has 1 amide bonds. The van der Waals surface area contributed by atoms with Crippen molar-refractivity contribution in [1.29, 1.82) is 0 Å². The summed E-state index contributed by atoms with van der Waals surface area (Å²) in [5.41, 5.74) is 2.58. The highest BCUT2D eigenvalue weighted by Gasteiger charge is 2.21. The van der Waals surface area contributed by atoms with Gasteiger partial charge in [0.15, 0.2) is 6.10 Å². The fraction of sp³-hybridized carbons (Fsp3) is 0.350. The molecule has 0 aliphatic carbocycles. The summed E-state index contributed by atoms with van der Waals surface area (Å²) in [6.45, 7) is 5.38. The van der Waals surface area contributed by atoms with Gasteiger partial charge >= 0.3 is 5.97 Å². The number of aryl methyl sites for hydroxylation is 3. The number of nitrogens with one attached hydrogen (secondary N) is 1. The largest absolute Gasteiger partial charge is 0.452 e. The highest BCUT2D eigenvalue weighted by molar-refractivity contribution is 5.96. The van der Waals surface area contributed by atoms with Crippen molar-refractivity contribution in [3.05, 3.63) is 52.1 Å². The van der Waals surface area contributed by atoms with Crippen LogP contribution in [0.4, 0.5) is 5.69 Å². The van der Waals surface area contributed by atoms with Gasteiger partial charge < -0.3 is 10.1 Å². The van der Waals surface area contributed by atoms with Gasteiger partial charge in [-0.2, -0.15) is 10.2 Å². The molecule has 29 heavy (non-hydrogen) atoms. The minimum Gasteiger partial charge on any atom is -0.452 e. The van der Waals surface area contributed by atoms with E-state index in [2.05, 4.69) is 15.5 Å². The molecule has 0 fully saturated rings. The molecule has 9 nitrogen and oxygen atoms in total. The van der Waals surface area contributed by atoms with Crippen molar-refractivity contribution in [3.8, 4) is 0 Å². The molecule has 0 spiro atoms. The fourth-order valence-corrected chi connectivity index (χ4v) is 3.03. The Morgan fingerprint density at radius 2 is 1.97 bits per heavy atom. The highest BCUT2D eigenvalue weighted by Crippen LogP contribution is 2.18. The molecule has 3 aromatic rings. The summed E-state index contributed by atoms with van der Waals surface area (Å²) in [6, 6.07) is 7.05. The lowest BCUT2D eigenvalue weighted by atomic mass is 10.2. The molecule has 0 aliphatic rings. The van der Waals surface area contributed by atoms with E-state index >= 15 is 0 Å². The molecular weight excluding hydrogens is 374 g/mol. The minimum absolute atomic E-state index is 0.0163. The smallest absolute Gasteiger partial charge is 0.308 e. The van der Waals surface area contributed by atoms with Crippen molar-refractivity contribution >= 4 is 28.5 Å². The number of carbonyl (C=O) groups is 2. The zero-order valence-electron chi connectivity index (χ0n) is 16.8. The van der Waals surface area contributed by atoms with Crippen molar-refractivity contribution in [3.63, 3.8) is 0 Å². The Balaban J connectivity index is 1.60. The van der Waals surface area contributed by atoms with Gasteiger partial charge in [-0.25, -0.2) is 0 Å². The lowest BCUT2D eigenvalue weighted by Crippen LogP contribution is -2.30. The second-order valence-electron chi connectivity index (χ2n) is 6.79. The molecule has 0 radical (unpaired) electrons. The molecule has 0 saturated carbocycles. The maximum atomic E-state index is 12.4. The van der Waals surface area contributed by atoms with E-state index < -0.39 is 18.0 Å². The first-order chi connectivity index (χ1) is 13.8. The van der Waals surface area contributed by atoms with Gasteiger partial charge in [-0.05, 0) is 32.9 Å². The van der Waals surface area contributed by atoms with Crippen LogP contribution in [0.15, 0.2) is 35.3 Å². The lowest BCUT2D eigenvalue weighted by molar-refractivity contribution is -0.153. The number of hydrogen-bond acceptors (Lipinski definition) is 6. The molecular formula is C20H23N5O4. The minimum atomic E-state index is -0.958. The van der Waals surface area contributed by atoms with E-state index in [1.807, 2.05) is 6.92 Å². The lowest BCUT2D eigenvalue weighted by Gasteiger charge is -2.14.